The largest absolute Gasteiger partial charge is 0.744 e. The summed E-state index contributed by atoms with van der Waals surface area (Å²) in [6.07, 6.45) is 0.356. The van der Waals surface area contributed by atoms with Gasteiger partial charge in [0, 0.05) is 0 Å². The molecular weight excluding hydrogens is 416 g/mol. The van der Waals surface area contributed by atoms with E-state index in [4.69, 9.17) is 0 Å². The average Bonchev–Trinajstić information content (AvgIpc) is 2.57. The van der Waals surface area contributed by atoms with E-state index in [1.54, 1.807) is 0 Å². The zero-order valence-corrected chi connectivity index (χ0v) is 13.2. The molecule has 0 bridgehead atoms. The van der Waals surface area contributed by atoms with Crippen LogP contribution in [0.5, 0.6) is 11.5 Å². The molecule has 0 atom stereocenters. The number of rotatable bonds is 4. The second-order valence-electron chi connectivity index (χ2n) is 4.67. The number of hydrogen-bond acceptors (Lipinski definition) is 4. The van der Waals surface area contributed by atoms with Crippen LogP contribution >= 0.6 is 0 Å². The molecule has 2 aromatic rings. The molecule has 2 aromatic carbocycles. The summed E-state index contributed by atoms with van der Waals surface area (Å²) in [5.74, 6) is -24.3. The molecule has 0 heterocycles. The molecule has 0 saturated heterocycles. The molecule has 0 N–H and O–H groups in total. The van der Waals surface area contributed by atoms with Crippen molar-refractivity contribution in [3.05, 3.63) is 58.7 Å². The van der Waals surface area contributed by atoms with Crippen LogP contribution in [0.4, 0.5) is 35.1 Å². The molecule has 2 rings (SSSR count). The minimum atomic E-state index is -6.05. The van der Waals surface area contributed by atoms with Gasteiger partial charge in [0.2, 0.25) is 34.8 Å². The van der Waals surface area contributed by atoms with Crippen molar-refractivity contribution in [3.63, 3.8) is 0 Å². The summed E-state index contributed by atoms with van der Waals surface area (Å²) in [4.78, 5) is -2.56. The Morgan fingerprint density at radius 1 is 0.704 bits per heavy atom. The lowest BCUT2D eigenvalue weighted by Gasteiger charge is -2.16. The molecule has 0 unspecified atom stereocenters. The SMILES string of the molecule is C=Cc1c(F)c(F)c(Oc2c(F)c(F)c(S(=O)(=O)[O-])c(F)c2F)c(F)c1F. The highest BCUT2D eigenvalue weighted by Crippen LogP contribution is 2.38. The summed E-state index contributed by atoms with van der Waals surface area (Å²) >= 11 is 0. The molecule has 0 aliphatic carbocycles. The topological polar surface area (TPSA) is 66.4 Å². The van der Waals surface area contributed by atoms with Crippen LogP contribution in [-0.2, 0) is 10.1 Å². The first-order valence-corrected chi connectivity index (χ1v) is 7.73. The fourth-order valence-corrected chi connectivity index (χ4v) is 2.52. The van der Waals surface area contributed by atoms with Crippen molar-refractivity contribution in [1.29, 1.82) is 0 Å². The van der Waals surface area contributed by atoms with Crippen molar-refractivity contribution in [1.82, 2.24) is 0 Å². The van der Waals surface area contributed by atoms with E-state index < -0.39 is 78.6 Å². The maximum atomic E-state index is 13.8. The Bertz CT molecular complexity index is 1020. The maximum absolute atomic E-state index is 13.8. The molecule has 4 nitrogen and oxygen atoms in total. The van der Waals surface area contributed by atoms with Gasteiger partial charge in [-0.1, -0.05) is 12.7 Å². The molecule has 13 heteroatoms. The third kappa shape index (κ3) is 3.23. The molecule has 0 amide bonds. The van der Waals surface area contributed by atoms with E-state index in [2.05, 4.69) is 11.3 Å². The minimum absolute atomic E-state index is 0.356. The number of benzene rings is 2. The van der Waals surface area contributed by atoms with Gasteiger partial charge in [-0.2, -0.15) is 17.6 Å². The summed E-state index contributed by atoms with van der Waals surface area (Å²) in [5, 5.41) is 0. The fraction of sp³-hybridized carbons (Fsp3) is 0. The summed E-state index contributed by atoms with van der Waals surface area (Å²) in [6.45, 7) is 2.87. The Morgan fingerprint density at radius 3 is 1.33 bits per heavy atom. The van der Waals surface area contributed by atoms with E-state index in [0.29, 0.717) is 6.08 Å². The zero-order chi connectivity index (χ0) is 20.8. The summed E-state index contributed by atoms with van der Waals surface area (Å²) < 4.78 is 145. The lowest BCUT2D eigenvalue weighted by molar-refractivity contribution is 0.315. The summed E-state index contributed by atoms with van der Waals surface area (Å²) in [7, 11) is -6.05. The second kappa shape index (κ2) is 6.81. The molecule has 0 aliphatic rings. The molecular formula is C14H3F8O4S-. The van der Waals surface area contributed by atoms with Crippen molar-refractivity contribution < 1.29 is 52.8 Å². The third-order valence-corrected chi connectivity index (χ3v) is 3.96. The number of halogens is 8. The van der Waals surface area contributed by atoms with Gasteiger partial charge in [-0.15, -0.1) is 0 Å². The quantitative estimate of drug-likeness (QED) is 0.425. The van der Waals surface area contributed by atoms with Gasteiger partial charge in [-0.25, -0.2) is 26.0 Å². The van der Waals surface area contributed by atoms with Gasteiger partial charge in [-0.3, -0.25) is 0 Å². The van der Waals surface area contributed by atoms with E-state index in [9.17, 15) is 48.1 Å². The first-order chi connectivity index (χ1) is 12.3. The van der Waals surface area contributed by atoms with Gasteiger partial charge in [0.25, 0.3) is 0 Å². The predicted molar refractivity (Wildman–Crippen MR) is 70.7 cm³/mol. The van der Waals surface area contributed by atoms with Crippen LogP contribution in [0.1, 0.15) is 5.56 Å². The van der Waals surface area contributed by atoms with Crippen LogP contribution in [0, 0.1) is 46.5 Å². The van der Waals surface area contributed by atoms with Crippen molar-refractivity contribution >= 4 is 16.2 Å². The Morgan fingerprint density at radius 2 is 1.04 bits per heavy atom. The summed E-state index contributed by atoms with van der Waals surface area (Å²) in [5.41, 5.74) is -1.32. The Kier molecular flexibility index (Phi) is 5.21. The van der Waals surface area contributed by atoms with Crippen molar-refractivity contribution in [2.45, 2.75) is 4.90 Å². The van der Waals surface area contributed by atoms with E-state index in [-0.39, 0.29) is 0 Å². The van der Waals surface area contributed by atoms with Crippen LogP contribution in [-0.4, -0.2) is 13.0 Å². The van der Waals surface area contributed by atoms with Crippen molar-refractivity contribution in [3.8, 4) is 11.5 Å². The highest BCUT2D eigenvalue weighted by molar-refractivity contribution is 7.85. The molecule has 0 saturated carbocycles. The van der Waals surface area contributed by atoms with Crippen molar-refractivity contribution in [2.75, 3.05) is 0 Å². The van der Waals surface area contributed by atoms with Gasteiger partial charge in [-0.05, 0) is 0 Å². The summed E-state index contributed by atoms with van der Waals surface area (Å²) in [6, 6.07) is 0. The Labute approximate surface area is 145 Å². The number of ether oxygens (including phenoxy) is 1. The van der Waals surface area contributed by atoms with Gasteiger partial charge in [0.1, 0.15) is 15.0 Å². The molecule has 146 valence electrons. The van der Waals surface area contributed by atoms with E-state index in [0.717, 1.165) is 0 Å². The normalized spacial score (nSPS) is 11.6. The van der Waals surface area contributed by atoms with Crippen LogP contribution in [0.2, 0.25) is 0 Å². The Hall–Kier alpha value is -2.67. The van der Waals surface area contributed by atoms with E-state index in [1.807, 2.05) is 0 Å². The minimum Gasteiger partial charge on any atom is -0.744 e. The van der Waals surface area contributed by atoms with Crippen LogP contribution in [0.3, 0.4) is 0 Å². The molecule has 27 heavy (non-hydrogen) atoms. The highest BCUT2D eigenvalue weighted by atomic mass is 32.2. The second-order valence-corrected chi connectivity index (χ2v) is 5.99. The molecule has 0 radical (unpaired) electrons. The lowest BCUT2D eigenvalue weighted by Crippen LogP contribution is -2.12. The zero-order valence-electron chi connectivity index (χ0n) is 12.3. The standard InChI is InChI=1S/C14H4F8O4S/c1-2-3-4(15)6(17)12(7(18)5(3)16)26-13-8(19)10(21)14(27(23,24)25)11(22)9(13)20/h2H,1H2,(H,23,24,25)/p-1. The highest BCUT2D eigenvalue weighted by Gasteiger charge is 2.33. The van der Waals surface area contributed by atoms with Crippen LogP contribution < -0.4 is 4.74 Å². The molecule has 0 aliphatic heterocycles. The van der Waals surface area contributed by atoms with E-state index >= 15 is 0 Å². The fourth-order valence-electron chi connectivity index (χ4n) is 1.90. The first kappa shape index (κ1) is 20.6. The van der Waals surface area contributed by atoms with Crippen molar-refractivity contribution in [2.24, 2.45) is 0 Å². The predicted octanol–water partition coefficient (Wildman–Crippen LogP) is 4.14. The van der Waals surface area contributed by atoms with Gasteiger partial charge < -0.3 is 9.29 Å². The molecule has 0 spiro atoms. The van der Waals surface area contributed by atoms with Crippen LogP contribution in [0.25, 0.3) is 6.08 Å². The van der Waals surface area contributed by atoms with Crippen LogP contribution in [0.15, 0.2) is 11.5 Å². The Balaban J connectivity index is 2.80. The lowest BCUT2D eigenvalue weighted by atomic mass is 10.1. The molecule has 0 fully saturated rings. The molecule has 0 aromatic heterocycles. The van der Waals surface area contributed by atoms with E-state index in [1.165, 1.54) is 0 Å². The van der Waals surface area contributed by atoms with Gasteiger partial charge in [0.05, 0.1) is 5.56 Å². The maximum Gasteiger partial charge on any atom is 0.205 e. The number of hydrogen-bond donors (Lipinski definition) is 0. The first-order valence-electron chi connectivity index (χ1n) is 6.32. The monoisotopic (exact) mass is 419 g/mol. The van der Waals surface area contributed by atoms with Gasteiger partial charge >= 0.3 is 0 Å². The smallest absolute Gasteiger partial charge is 0.205 e. The van der Waals surface area contributed by atoms with Gasteiger partial charge in [0.15, 0.2) is 23.3 Å². The average molecular weight is 419 g/mol. The third-order valence-electron chi connectivity index (χ3n) is 3.10.